The summed E-state index contributed by atoms with van der Waals surface area (Å²) in [5.41, 5.74) is 1.52. The van der Waals surface area contributed by atoms with Crippen LogP contribution in [0.25, 0.3) is 0 Å². The lowest BCUT2D eigenvalue weighted by molar-refractivity contribution is -0.115. The number of aryl methyl sites for hydroxylation is 1. The molecule has 8 heteroatoms. The van der Waals surface area contributed by atoms with E-state index in [1.165, 1.54) is 0 Å². The third kappa shape index (κ3) is 3.64. The summed E-state index contributed by atoms with van der Waals surface area (Å²) in [6.07, 6.45) is 0. The molecule has 0 aliphatic carbocycles. The summed E-state index contributed by atoms with van der Waals surface area (Å²) in [6, 6.07) is 5.65. The molecule has 0 bridgehead atoms. The minimum atomic E-state index is -0.679. The molecular formula is C14H16N4O3S. The smallest absolute Gasteiger partial charge is 0.325 e. The van der Waals surface area contributed by atoms with Crippen molar-refractivity contribution < 1.29 is 4.79 Å². The normalized spacial score (nSPS) is 12.0. The van der Waals surface area contributed by atoms with Gasteiger partial charge in [-0.2, -0.15) is 5.10 Å². The Morgan fingerprint density at radius 1 is 1.32 bits per heavy atom. The maximum Gasteiger partial charge on any atom is 0.342 e. The van der Waals surface area contributed by atoms with Gasteiger partial charge < -0.3 is 5.32 Å². The lowest BCUT2D eigenvalue weighted by Crippen LogP contribution is -2.28. The fourth-order valence-corrected chi connectivity index (χ4v) is 2.52. The Morgan fingerprint density at radius 2 is 2.05 bits per heavy atom. The number of thioether (sulfide) groups is 1. The van der Waals surface area contributed by atoms with Crippen molar-refractivity contribution in [3.05, 3.63) is 50.2 Å². The first-order valence-electron chi connectivity index (χ1n) is 6.61. The van der Waals surface area contributed by atoms with E-state index < -0.39 is 16.5 Å². The largest absolute Gasteiger partial charge is 0.342 e. The fourth-order valence-electron chi connectivity index (χ4n) is 1.76. The standard InChI is InChI=1S/C14H16N4O3S/c1-7-5-4-6-10(8(7)2)15-11(19)9(3)22-13-12(20)16-14(21)18-17-13/h4-6,9H,1-3H3,(H,15,19)(H2,16,18,20,21)/t9-/m0/s1. The first-order valence-corrected chi connectivity index (χ1v) is 7.49. The molecule has 1 atom stereocenters. The number of carbonyl (C=O) groups is 1. The molecule has 0 fully saturated rings. The summed E-state index contributed by atoms with van der Waals surface area (Å²) in [6.45, 7) is 5.56. The predicted octanol–water partition coefficient (Wildman–Crippen LogP) is 1.19. The Balaban J connectivity index is 2.11. The Kier molecular flexibility index (Phi) is 4.81. The number of aromatic amines is 2. The van der Waals surface area contributed by atoms with Crippen LogP contribution >= 0.6 is 11.8 Å². The van der Waals surface area contributed by atoms with E-state index in [-0.39, 0.29) is 10.9 Å². The molecule has 2 aromatic rings. The number of nitrogens with one attached hydrogen (secondary N) is 3. The molecule has 0 aliphatic rings. The number of rotatable bonds is 4. The van der Waals surface area contributed by atoms with Crippen LogP contribution in [0.5, 0.6) is 0 Å². The van der Waals surface area contributed by atoms with E-state index in [1.807, 2.05) is 32.0 Å². The average molecular weight is 320 g/mol. The lowest BCUT2D eigenvalue weighted by atomic mass is 10.1. The number of nitrogens with zero attached hydrogens (tertiary/aromatic N) is 1. The monoisotopic (exact) mass is 320 g/mol. The number of benzene rings is 1. The highest BCUT2D eigenvalue weighted by atomic mass is 32.2. The molecule has 116 valence electrons. The average Bonchev–Trinajstić information content (AvgIpc) is 2.46. The second kappa shape index (κ2) is 6.61. The van der Waals surface area contributed by atoms with Crippen LogP contribution in [0.1, 0.15) is 18.1 Å². The zero-order chi connectivity index (χ0) is 16.3. The minimum absolute atomic E-state index is 0.0446. The summed E-state index contributed by atoms with van der Waals surface area (Å²) in [7, 11) is 0. The van der Waals surface area contributed by atoms with Crippen LogP contribution in [0.4, 0.5) is 5.69 Å². The number of hydrogen-bond donors (Lipinski definition) is 3. The van der Waals surface area contributed by atoms with Crippen LogP contribution in [0.2, 0.25) is 0 Å². The summed E-state index contributed by atoms with van der Waals surface area (Å²) in [4.78, 5) is 36.8. The zero-order valence-corrected chi connectivity index (χ0v) is 13.2. The third-order valence-corrected chi connectivity index (χ3v) is 4.27. The van der Waals surface area contributed by atoms with Crippen LogP contribution in [-0.4, -0.2) is 26.3 Å². The van der Waals surface area contributed by atoms with Crippen LogP contribution < -0.4 is 16.6 Å². The van der Waals surface area contributed by atoms with Gasteiger partial charge in [-0.15, -0.1) is 0 Å². The van der Waals surface area contributed by atoms with Gasteiger partial charge in [-0.05, 0) is 38.0 Å². The number of hydrogen-bond acceptors (Lipinski definition) is 5. The van der Waals surface area contributed by atoms with Gasteiger partial charge in [0, 0.05) is 5.69 Å². The zero-order valence-electron chi connectivity index (χ0n) is 12.4. The molecule has 1 heterocycles. The van der Waals surface area contributed by atoms with Crippen molar-refractivity contribution >= 4 is 23.4 Å². The molecule has 0 aliphatic heterocycles. The maximum absolute atomic E-state index is 12.2. The van der Waals surface area contributed by atoms with E-state index in [9.17, 15) is 14.4 Å². The van der Waals surface area contributed by atoms with Gasteiger partial charge in [0.15, 0.2) is 5.03 Å². The van der Waals surface area contributed by atoms with E-state index in [0.717, 1.165) is 28.6 Å². The second-order valence-corrected chi connectivity index (χ2v) is 6.14. The van der Waals surface area contributed by atoms with Gasteiger partial charge in [0.05, 0.1) is 5.25 Å². The van der Waals surface area contributed by atoms with Crippen molar-refractivity contribution in [2.45, 2.75) is 31.0 Å². The van der Waals surface area contributed by atoms with Crippen LogP contribution in [-0.2, 0) is 4.79 Å². The molecule has 0 saturated carbocycles. The number of anilines is 1. The van der Waals surface area contributed by atoms with E-state index in [4.69, 9.17) is 0 Å². The quantitative estimate of drug-likeness (QED) is 0.734. The second-order valence-electron chi connectivity index (χ2n) is 4.81. The van der Waals surface area contributed by atoms with Crippen LogP contribution in [0, 0.1) is 13.8 Å². The van der Waals surface area contributed by atoms with Gasteiger partial charge in [0.2, 0.25) is 5.91 Å². The van der Waals surface area contributed by atoms with E-state index in [1.54, 1.807) is 6.92 Å². The van der Waals surface area contributed by atoms with Crippen molar-refractivity contribution in [3.63, 3.8) is 0 Å². The molecule has 3 N–H and O–H groups in total. The summed E-state index contributed by atoms with van der Waals surface area (Å²) in [5, 5.41) is 8.11. The summed E-state index contributed by atoms with van der Waals surface area (Å²) >= 11 is 0.979. The molecule has 2 rings (SSSR count). The fraction of sp³-hybridized carbons (Fsp3) is 0.286. The van der Waals surface area contributed by atoms with Gasteiger partial charge in [-0.25, -0.2) is 9.89 Å². The van der Waals surface area contributed by atoms with Gasteiger partial charge >= 0.3 is 5.69 Å². The lowest BCUT2D eigenvalue weighted by Gasteiger charge is -2.13. The molecular weight excluding hydrogens is 304 g/mol. The molecule has 0 unspecified atom stereocenters. The summed E-state index contributed by atoms with van der Waals surface area (Å²) in [5.74, 6) is -0.244. The van der Waals surface area contributed by atoms with Gasteiger partial charge in [0.1, 0.15) is 0 Å². The SMILES string of the molecule is Cc1cccc(NC(=O)[C@H](C)Sc2n[nH]c(=O)[nH]c2=O)c1C. The highest BCUT2D eigenvalue weighted by Gasteiger charge is 2.18. The Hall–Kier alpha value is -2.35. The van der Waals surface area contributed by atoms with Crippen molar-refractivity contribution in [1.82, 2.24) is 15.2 Å². The maximum atomic E-state index is 12.2. The van der Waals surface area contributed by atoms with Gasteiger partial charge in [-0.1, -0.05) is 23.9 Å². The molecule has 22 heavy (non-hydrogen) atoms. The molecule has 1 aromatic carbocycles. The molecule has 0 saturated heterocycles. The number of carbonyl (C=O) groups excluding carboxylic acids is 1. The van der Waals surface area contributed by atoms with Crippen molar-refractivity contribution in [2.24, 2.45) is 0 Å². The molecule has 1 aromatic heterocycles. The topological polar surface area (TPSA) is 108 Å². The predicted molar refractivity (Wildman–Crippen MR) is 85.3 cm³/mol. The first-order chi connectivity index (χ1) is 10.4. The van der Waals surface area contributed by atoms with E-state index in [0.29, 0.717) is 0 Å². The molecule has 0 radical (unpaired) electrons. The van der Waals surface area contributed by atoms with Crippen molar-refractivity contribution in [1.29, 1.82) is 0 Å². The van der Waals surface area contributed by atoms with E-state index >= 15 is 0 Å². The van der Waals surface area contributed by atoms with Crippen molar-refractivity contribution in [3.8, 4) is 0 Å². The third-order valence-electron chi connectivity index (χ3n) is 3.20. The van der Waals surface area contributed by atoms with Crippen molar-refractivity contribution in [2.75, 3.05) is 5.32 Å². The Labute approximate surface area is 130 Å². The number of amides is 1. The molecule has 7 nitrogen and oxygen atoms in total. The molecule has 1 amide bonds. The summed E-state index contributed by atoms with van der Waals surface area (Å²) < 4.78 is 0. The number of aromatic nitrogens is 3. The van der Waals surface area contributed by atoms with E-state index in [2.05, 4.69) is 20.5 Å². The Morgan fingerprint density at radius 3 is 2.73 bits per heavy atom. The highest BCUT2D eigenvalue weighted by Crippen LogP contribution is 2.21. The van der Waals surface area contributed by atoms with Gasteiger partial charge in [-0.3, -0.25) is 14.6 Å². The van der Waals surface area contributed by atoms with Gasteiger partial charge in [0.25, 0.3) is 5.56 Å². The van der Waals surface area contributed by atoms with Crippen LogP contribution in [0.3, 0.4) is 0 Å². The Bertz CT molecular complexity index is 812. The minimum Gasteiger partial charge on any atom is -0.325 e. The van der Waals surface area contributed by atoms with Crippen LogP contribution in [0.15, 0.2) is 32.8 Å². The highest BCUT2D eigenvalue weighted by molar-refractivity contribution is 8.00. The number of H-pyrrole nitrogens is 2. The molecule has 0 spiro atoms. The first kappa shape index (κ1) is 16.0.